The van der Waals surface area contributed by atoms with Crippen molar-refractivity contribution in [3.05, 3.63) is 108 Å². The van der Waals surface area contributed by atoms with Gasteiger partial charge in [-0.15, -0.1) is 0 Å². The second-order valence-electron chi connectivity index (χ2n) is 11.5. The van der Waals surface area contributed by atoms with Crippen LogP contribution in [0.4, 0.5) is 19.1 Å². The highest BCUT2D eigenvalue weighted by Crippen LogP contribution is 2.40. The average Bonchev–Trinajstić information content (AvgIpc) is 3.64. The summed E-state index contributed by atoms with van der Waals surface area (Å²) in [6, 6.07) is 22.4. The number of pyridine rings is 1. The third kappa shape index (κ3) is 5.96. The summed E-state index contributed by atoms with van der Waals surface area (Å²) in [4.78, 5) is 15.5. The van der Waals surface area contributed by atoms with Crippen LogP contribution < -0.4 is 5.32 Å². The van der Waals surface area contributed by atoms with Crippen molar-refractivity contribution in [2.24, 2.45) is 0 Å². The first-order valence-electron chi connectivity index (χ1n) is 14.9. The van der Waals surface area contributed by atoms with Crippen molar-refractivity contribution in [2.45, 2.75) is 38.2 Å². The van der Waals surface area contributed by atoms with E-state index in [4.69, 9.17) is 9.51 Å². The molecule has 7 rings (SSSR count). The molecule has 1 aliphatic rings. The predicted octanol–water partition coefficient (Wildman–Crippen LogP) is 6.51. The van der Waals surface area contributed by atoms with Crippen LogP contribution in [0.25, 0.3) is 39.2 Å². The fourth-order valence-electron chi connectivity index (χ4n) is 6.05. The van der Waals surface area contributed by atoms with Gasteiger partial charge < -0.3 is 19.5 Å². The minimum Gasteiger partial charge on any atom is -0.392 e. The smallest absolute Gasteiger partial charge is 0.392 e. The number of β-amino-alcohol motifs (C(OH)–C–C–N with tert-alkyl or cyclic N) is 1. The maximum absolute atomic E-state index is 14.5. The third-order valence-corrected chi connectivity index (χ3v) is 8.15. The molecule has 1 aliphatic heterocycles. The Morgan fingerprint density at radius 2 is 1.72 bits per heavy atom. The van der Waals surface area contributed by atoms with E-state index in [-0.39, 0.29) is 23.2 Å². The molecule has 0 radical (unpaired) electrons. The van der Waals surface area contributed by atoms with Crippen LogP contribution in [0, 0.1) is 6.92 Å². The lowest BCUT2D eigenvalue weighted by atomic mass is 10.0. The molecule has 9 nitrogen and oxygen atoms in total. The maximum atomic E-state index is 14.5. The number of anilines is 1. The van der Waals surface area contributed by atoms with E-state index in [2.05, 4.69) is 25.3 Å². The third-order valence-electron chi connectivity index (χ3n) is 8.15. The van der Waals surface area contributed by atoms with Crippen LogP contribution in [0.1, 0.15) is 23.2 Å². The Morgan fingerprint density at radius 3 is 2.43 bits per heavy atom. The molecule has 0 spiro atoms. The molecule has 0 bridgehead atoms. The zero-order valence-electron chi connectivity index (χ0n) is 24.8. The van der Waals surface area contributed by atoms with Gasteiger partial charge in [0.05, 0.1) is 28.7 Å². The number of nitrogens with one attached hydrogen (secondary N) is 1. The van der Waals surface area contributed by atoms with Crippen molar-refractivity contribution in [3.63, 3.8) is 0 Å². The number of fused-ring (bicyclic) bond motifs is 1. The maximum Gasteiger partial charge on any atom is 0.419 e. The van der Waals surface area contributed by atoms with E-state index in [9.17, 15) is 18.3 Å². The molecular formula is C34H30F3N7O2. The van der Waals surface area contributed by atoms with E-state index in [1.807, 2.05) is 60.7 Å². The quantitative estimate of drug-likeness (QED) is 0.207. The number of benzene rings is 2. The molecule has 1 fully saturated rings. The van der Waals surface area contributed by atoms with Crippen LogP contribution in [-0.4, -0.2) is 59.9 Å². The summed E-state index contributed by atoms with van der Waals surface area (Å²) in [5.74, 6) is 0.0482. The fourth-order valence-corrected chi connectivity index (χ4v) is 6.05. The van der Waals surface area contributed by atoms with Gasteiger partial charge in [-0.2, -0.15) is 13.2 Å². The van der Waals surface area contributed by atoms with Gasteiger partial charge in [-0.05, 0) is 43.2 Å². The zero-order valence-corrected chi connectivity index (χ0v) is 24.8. The first-order valence-corrected chi connectivity index (χ1v) is 14.9. The van der Waals surface area contributed by atoms with Crippen LogP contribution in [0.2, 0.25) is 0 Å². The lowest BCUT2D eigenvalue weighted by Crippen LogP contribution is -2.48. The molecule has 0 saturated carbocycles. The molecular weight excluding hydrogens is 595 g/mol. The van der Waals surface area contributed by atoms with E-state index in [0.717, 1.165) is 17.4 Å². The molecule has 46 heavy (non-hydrogen) atoms. The number of aliphatic hydroxyl groups is 1. The lowest BCUT2D eigenvalue weighted by molar-refractivity contribution is -0.137. The van der Waals surface area contributed by atoms with E-state index < -0.39 is 17.8 Å². The summed E-state index contributed by atoms with van der Waals surface area (Å²) >= 11 is 0. The van der Waals surface area contributed by atoms with E-state index in [1.165, 1.54) is 6.26 Å². The first-order chi connectivity index (χ1) is 22.2. The van der Waals surface area contributed by atoms with Crippen LogP contribution in [0.3, 0.4) is 0 Å². The number of aliphatic hydroxyl groups excluding tert-OH is 1. The van der Waals surface area contributed by atoms with Gasteiger partial charge in [0.15, 0.2) is 0 Å². The molecule has 2 atom stereocenters. The minimum absolute atomic E-state index is 0.0482. The Labute approximate surface area is 262 Å². The Hall–Kier alpha value is -5.07. The molecule has 0 unspecified atom stereocenters. The molecule has 0 amide bonds. The van der Waals surface area contributed by atoms with Crippen LogP contribution in [0.5, 0.6) is 0 Å². The van der Waals surface area contributed by atoms with Crippen molar-refractivity contribution in [3.8, 4) is 28.2 Å². The second kappa shape index (κ2) is 12.0. The van der Waals surface area contributed by atoms with Gasteiger partial charge in [0.1, 0.15) is 17.5 Å². The summed E-state index contributed by atoms with van der Waals surface area (Å²) in [6.07, 6.45) is -0.970. The van der Waals surface area contributed by atoms with Gasteiger partial charge in [0.2, 0.25) is 5.95 Å². The number of piperidine rings is 1. The number of para-hydroxylation sites is 1. The van der Waals surface area contributed by atoms with Crippen molar-refractivity contribution < 1.29 is 22.8 Å². The number of likely N-dealkylation sites (tertiary alicyclic amines) is 1. The molecule has 0 aliphatic carbocycles. The molecule has 1 saturated heterocycles. The monoisotopic (exact) mass is 625 g/mol. The largest absolute Gasteiger partial charge is 0.419 e. The predicted molar refractivity (Wildman–Crippen MR) is 167 cm³/mol. The molecule has 6 aromatic rings. The first kappa shape index (κ1) is 29.6. The highest BCUT2D eigenvalue weighted by Gasteiger charge is 2.37. The zero-order chi connectivity index (χ0) is 31.8. The number of halogens is 3. The average molecular weight is 626 g/mol. The highest BCUT2D eigenvalue weighted by atomic mass is 19.4. The Bertz CT molecular complexity index is 1980. The Morgan fingerprint density at radius 1 is 0.957 bits per heavy atom. The second-order valence-corrected chi connectivity index (χ2v) is 11.5. The van der Waals surface area contributed by atoms with Crippen LogP contribution in [-0.2, 0) is 12.7 Å². The van der Waals surface area contributed by atoms with E-state index in [1.54, 1.807) is 29.8 Å². The van der Waals surface area contributed by atoms with Crippen molar-refractivity contribution >= 4 is 17.0 Å². The highest BCUT2D eigenvalue weighted by molar-refractivity contribution is 5.96. The standard InChI is InChI=1S/C34H30F3N7O2/c1-21-28(20-46-42-21)30-13-12-26-27(19-44(32(26)40-30)24-10-6-3-7-11-24)31-29(34(35,36)37)15-38-33(41-31)39-23-14-25(45)18-43(17-23)16-22-8-4-2-5-9-22/h2-13,15,19-20,23,25,45H,14,16-18H2,1H3,(H,38,39,41)/t23-,25+/m0/s1. The molecule has 12 heteroatoms. The molecule has 2 N–H and O–H groups in total. The van der Waals surface area contributed by atoms with Gasteiger partial charge in [-0.3, -0.25) is 4.90 Å². The molecule has 234 valence electrons. The van der Waals surface area contributed by atoms with Crippen LogP contribution in [0.15, 0.2) is 96.0 Å². The SMILES string of the molecule is Cc1nocc1-c1ccc2c(-c3nc(N[C@H]4C[C@@H](O)CN(Cc5ccccc5)C4)ncc3C(F)(F)F)cn(-c3ccccc3)c2n1. The molecule has 5 heterocycles. The fraction of sp³-hybridized carbons (Fsp3) is 0.235. The summed E-state index contributed by atoms with van der Waals surface area (Å²) < 4.78 is 50.3. The number of alkyl halides is 3. The Kier molecular flexibility index (Phi) is 7.75. The van der Waals surface area contributed by atoms with Gasteiger partial charge in [0, 0.05) is 54.7 Å². The van der Waals surface area contributed by atoms with E-state index >= 15 is 0 Å². The lowest BCUT2D eigenvalue weighted by Gasteiger charge is -2.36. The van der Waals surface area contributed by atoms with Crippen molar-refractivity contribution in [1.82, 2.24) is 29.6 Å². The summed E-state index contributed by atoms with van der Waals surface area (Å²) in [5.41, 5.74) is 3.21. The van der Waals surface area contributed by atoms with Gasteiger partial charge in [-0.25, -0.2) is 15.0 Å². The van der Waals surface area contributed by atoms with Crippen molar-refractivity contribution in [1.29, 1.82) is 0 Å². The summed E-state index contributed by atoms with van der Waals surface area (Å²) in [5, 5.41) is 18.3. The van der Waals surface area contributed by atoms with E-state index in [0.29, 0.717) is 54.0 Å². The number of hydrogen-bond donors (Lipinski definition) is 2. The summed E-state index contributed by atoms with van der Waals surface area (Å²) in [7, 11) is 0. The Balaban J connectivity index is 1.29. The molecule has 4 aromatic heterocycles. The minimum atomic E-state index is -4.71. The van der Waals surface area contributed by atoms with Gasteiger partial charge in [0.25, 0.3) is 0 Å². The number of hydrogen-bond acceptors (Lipinski definition) is 8. The number of nitrogens with zero attached hydrogens (tertiary/aromatic N) is 6. The van der Waals surface area contributed by atoms with Crippen molar-refractivity contribution in [2.75, 3.05) is 18.4 Å². The number of aromatic nitrogens is 5. The van der Waals surface area contributed by atoms with Crippen LogP contribution >= 0.6 is 0 Å². The number of rotatable bonds is 7. The number of aryl methyl sites for hydroxylation is 1. The normalized spacial score (nSPS) is 17.4. The van der Waals surface area contributed by atoms with Gasteiger partial charge >= 0.3 is 6.18 Å². The topological polar surface area (TPSA) is 105 Å². The molecule has 2 aromatic carbocycles. The van der Waals surface area contributed by atoms with Gasteiger partial charge in [-0.1, -0.05) is 53.7 Å². The summed E-state index contributed by atoms with van der Waals surface area (Å²) in [6.45, 7) is 3.49.